The van der Waals surface area contributed by atoms with Crippen molar-refractivity contribution in [3.05, 3.63) is 23.8 Å². The minimum Gasteiger partial charge on any atom is -0.489 e. The molecule has 0 saturated carbocycles. The Bertz CT molecular complexity index is 499. The molecule has 1 aliphatic heterocycles. The highest BCUT2D eigenvalue weighted by atomic mass is 16.5. The number of carboxylic acid groups (broad SMARTS) is 1. The van der Waals surface area contributed by atoms with Crippen LogP contribution in [0.4, 0.5) is 10.5 Å². The SMILES string of the molecule is CN(C)C(=O)N1CCOc2c(C(=O)O)cccc21. The Kier molecular flexibility index (Phi) is 3.10. The lowest BCUT2D eigenvalue weighted by Gasteiger charge is -2.32. The summed E-state index contributed by atoms with van der Waals surface area (Å²) in [6, 6.07) is 4.56. The van der Waals surface area contributed by atoms with Gasteiger partial charge in [-0.3, -0.25) is 4.90 Å². The van der Waals surface area contributed by atoms with E-state index in [4.69, 9.17) is 9.84 Å². The Balaban J connectivity index is 2.48. The van der Waals surface area contributed by atoms with Crippen LogP contribution in [0.5, 0.6) is 5.75 Å². The van der Waals surface area contributed by atoms with Crippen LogP contribution in [0.2, 0.25) is 0 Å². The lowest BCUT2D eigenvalue weighted by molar-refractivity contribution is 0.0691. The first-order chi connectivity index (χ1) is 8.52. The summed E-state index contributed by atoms with van der Waals surface area (Å²) in [5, 5.41) is 9.08. The van der Waals surface area contributed by atoms with Crippen molar-refractivity contribution in [2.45, 2.75) is 0 Å². The second-order valence-electron chi connectivity index (χ2n) is 4.14. The number of hydrogen-bond donors (Lipinski definition) is 1. The molecule has 6 nitrogen and oxygen atoms in total. The number of rotatable bonds is 1. The lowest BCUT2D eigenvalue weighted by Crippen LogP contribution is -2.44. The maximum absolute atomic E-state index is 12.0. The molecule has 1 aromatic carbocycles. The maximum atomic E-state index is 12.0. The zero-order chi connectivity index (χ0) is 13.3. The quantitative estimate of drug-likeness (QED) is 0.814. The van der Waals surface area contributed by atoms with Crippen molar-refractivity contribution in [2.75, 3.05) is 32.1 Å². The van der Waals surface area contributed by atoms with Gasteiger partial charge in [0, 0.05) is 14.1 Å². The molecule has 1 aliphatic rings. The van der Waals surface area contributed by atoms with Gasteiger partial charge in [-0.2, -0.15) is 0 Å². The highest BCUT2D eigenvalue weighted by molar-refractivity contribution is 5.99. The molecule has 0 radical (unpaired) electrons. The Hall–Kier alpha value is -2.24. The zero-order valence-corrected chi connectivity index (χ0v) is 10.2. The van der Waals surface area contributed by atoms with Gasteiger partial charge in [-0.25, -0.2) is 9.59 Å². The van der Waals surface area contributed by atoms with Gasteiger partial charge in [-0.05, 0) is 12.1 Å². The van der Waals surface area contributed by atoms with Crippen molar-refractivity contribution in [3.8, 4) is 5.75 Å². The molecule has 0 bridgehead atoms. The predicted octanol–water partition coefficient (Wildman–Crippen LogP) is 1.27. The monoisotopic (exact) mass is 250 g/mol. The van der Waals surface area contributed by atoms with Gasteiger partial charge in [0.1, 0.15) is 12.2 Å². The fraction of sp³-hybridized carbons (Fsp3) is 0.333. The number of fused-ring (bicyclic) bond motifs is 1. The molecular weight excluding hydrogens is 236 g/mol. The first kappa shape index (κ1) is 12.2. The van der Waals surface area contributed by atoms with Gasteiger partial charge in [0.15, 0.2) is 5.75 Å². The predicted molar refractivity (Wildman–Crippen MR) is 65.3 cm³/mol. The maximum Gasteiger partial charge on any atom is 0.339 e. The van der Waals surface area contributed by atoms with Crippen LogP contribution in [0.15, 0.2) is 18.2 Å². The summed E-state index contributed by atoms with van der Waals surface area (Å²) < 4.78 is 5.38. The molecule has 0 spiro atoms. The number of benzene rings is 1. The molecule has 0 unspecified atom stereocenters. The molecule has 1 heterocycles. The first-order valence-corrected chi connectivity index (χ1v) is 5.50. The van der Waals surface area contributed by atoms with E-state index in [-0.39, 0.29) is 24.0 Å². The summed E-state index contributed by atoms with van der Waals surface area (Å²) in [5.74, 6) is -0.808. The third-order valence-electron chi connectivity index (χ3n) is 2.69. The molecule has 0 aliphatic carbocycles. The Morgan fingerprint density at radius 1 is 1.39 bits per heavy atom. The smallest absolute Gasteiger partial charge is 0.339 e. The van der Waals surface area contributed by atoms with Crippen LogP contribution >= 0.6 is 0 Å². The highest BCUT2D eigenvalue weighted by Crippen LogP contribution is 2.35. The van der Waals surface area contributed by atoms with E-state index in [9.17, 15) is 9.59 Å². The molecule has 0 fully saturated rings. The number of amides is 2. The second kappa shape index (κ2) is 4.56. The van der Waals surface area contributed by atoms with Crippen molar-refractivity contribution in [1.82, 2.24) is 4.90 Å². The van der Waals surface area contributed by atoms with E-state index in [1.807, 2.05) is 0 Å². The average molecular weight is 250 g/mol. The molecule has 0 saturated heterocycles. The van der Waals surface area contributed by atoms with Gasteiger partial charge in [0.05, 0.1) is 12.2 Å². The van der Waals surface area contributed by atoms with Crippen LogP contribution in [0.3, 0.4) is 0 Å². The van der Waals surface area contributed by atoms with Gasteiger partial charge in [0.2, 0.25) is 0 Å². The van der Waals surface area contributed by atoms with Gasteiger partial charge in [-0.15, -0.1) is 0 Å². The minimum atomic E-state index is -1.06. The average Bonchev–Trinajstić information content (AvgIpc) is 2.36. The summed E-state index contributed by atoms with van der Waals surface area (Å²) in [5.41, 5.74) is 0.573. The molecule has 96 valence electrons. The molecule has 1 aromatic rings. The van der Waals surface area contributed by atoms with E-state index in [0.717, 1.165) is 0 Å². The first-order valence-electron chi connectivity index (χ1n) is 5.50. The van der Waals surface area contributed by atoms with E-state index in [0.29, 0.717) is 12.2 Å². The van der Waals surface area contributed by atoms with Gasteiger partial charge in [-0.1, -0.05) is 6.07 Å². The fourth-order valence-corrected chi connectivity index (χ4v) is 1.86. The summed E-state index contributed by atoms with van der Waals surface area (Å²) in [6.45, 7) is 0.698. The second-order valence-corrected chi connectivity index (χ2v) is 4.14. The number of carboxylic acids is 1. The molecule has 0 atom stereocenters. The third kappa shape index (κ3) is 1.97. The van der Waals surface area contributed by atoms with Crippen LogP contribution in [0, 0.1) is 0 Å². The third-order valence-corrected chi connectivity index (χ3v) is 2.69. The number of carbonyl (C=O) groups is 2. The van der Waals surface area contributed by atoms with Gasteiger partial charge in [0.25, 0.3) is 0 Å². The van der Waals surface area contributed by atoms with Crippen molar-refractivity contribution >= 4 is 17.7 Å². The minimum absolute atomic E-state index is 0.0729. The van der Waals surface area contributed by atoms with Crippen LogP contribution in [0.1, 0.15) is 10.4 Å². The fourth-order valence-electron chi connectivity index (χ4n) is 1.86. The van der Waals surface area contributed by atoms with E-state index in [2.05, 4.69) is 0 Å². The molecule has 18 heavy (non-hydrogen) atoms. The summed E-state index contributed by atoms with van der Waals surface area (Å²) >= 11 is 0. The van der Waals surface area contributed by atoms with Crippen molar-refractivity contribution in [3.63, 3.8) is 0 Å². The molecule has 0 aromatic heterocycles. The van der Waals surface area contributed by atoms with Gasteiger partial charge >= 0.3 is 12.0 Å². The Labute approximate surface area is 104 Å². The molecule has 6 heteroatoms. The van der Waals surface area contributed by atoms with Crippen LogP contribution in [-0.2, 0) is 0 Å². The van der Waals surface area contributed by atoms with Crippen molar-refractivity contribution in [2.24, 2.45) is 0 Å². The number of para-hydroxylation sites is 1. The number of anilines is 1. The van der Waals surface area contributed by atoms with Crippen LogP contribution in [0.25, 0.3) is 0 Å². The molecular formula is C12H14N2O4. The molecule has 1 N–H and O–H groups in total. The zero-order valence-electron chi connectivity index (χ0n) is 10.2. The van der Waals surface area contributed by atoms with E-state index in [1.165, 1.54) is 15.9 Å². The normalized spacial score (nSPS) is 13.6. The van der Waals surface area contributed by atoms with E-state index >= 15 is 0 Å². The number of aromatic carboxylic acids is 1. The van der Waals surface area contributed by atoms with Gasteiger partial charge < -0.3 is 14.7 Å². The number of ether oxygens (including phenoxy) is 1. The molecule has 2 amide bonds. The largest absolute Gasteiger partial charge is 0.489 e. The number of nitrogens with zero attached hydrogens (tertiary/aromatic N) is 2. The van der Waals surface area contributed by atoms with Crippen molar-refractivity contribution < 1.29 is 19.4 Å². The number of hydrogen-bond acceptors (Lipinski definition) is 3. The lowest BCUT2D eigenvalue weighted by atomic mass is 10.1. The number of urea groups is 1. The standard InChI is InChI=1S/C12H14N2O4/c1-13(2)12(17)14-6-7-18-10-8(11(15)16)4-3-5-9(10)14/h3-5H,6-7H2,1-2H3,(H,15,16). The highest BCUT2D eigenvalue weighted by Gasteiger charge is 2.28. The van der Waals surface area contributed by atoms with E-state index < -0.39 is 5.97 Å². The Morgan fingerprint density at radius 3 is 2.72 bits per heavy atom. The van der Waals surface area contributed by atoms with Crippen LogP contribution in [-0.4, -0.2) is 49.3 Å². The molecule has 2 rings (SSSR count). The van der Waals surface area contributed by atoms with E-state index in [1.54, 1.807) is 26.2 Å². The van der Waals surface area contributed by atoms with Crippen LogP contribution < -0.4 is 9.64 Å². The topological polar surface area (TPSA) is 70.1 Å². The van der Waals surface area contributed by atoms with Crippen molar-refractivity contribution in [1.29, 1.82) is 0 Å². The summed E-state index contributed by atoms with van der Waals surface area (Å²) in [6.07, 6.45) is 0. The summed E-state index contributed by atoms with van der Waals surface area (Å²) in [7, 11) is 3.30. The number of carbonyl (C=O) groups excluding carboxylic acids is 1. The Morgan fingerprint density at radius 2 is 2.11 bits per heavy atom. The summed E-state index contributed by atoms with van der Waals surface area (Å²) in [4.78, 5) is 26.0.